The van der Waals surface area contributed by atoms with Crippen molar-refractivity contribution < 1.29 is 9.63 Å². The molecule has 7 nitrogen and oxygen atoms in total. The van der Waals surface area contributed by atoms with E-state index in [0.29, 0.717) is 24.7 Å². The lowest BCUT2D eigenvalue weighted by molar-refractivity contribution is -0.0374. The van der Waals surface area contributed by atoms with E-state index in [4.69, 9.17) is 4.52 Å². The van der Waals surface area contributed by atoms with Crippen LogP contribution in [0.4, 0.5) is 0 Å². The maximum Gasteiger partial charge on any atom is 0.229 e. The molecule has 0 radical (unpaired) electrons. The first-order chi connectivity index (χ1) is 11.9. The van der Waals surface area contributed by atoms with Crippen LogP contribution < -0.4 is 0 Å². The molecule has 2 aromatic rings. The van der Waals surface area contributed by atoms with Crippen LogP contribution in [0.25, 0.3) is 0 Å². The lowest BCUT2D eigenvalue weighted by Gasteiger charge is -2.38. The number of aliphatic hydroxyl groups is 1. The summed E-state index contributed by atoms with van der Waals surface area (Å²) in [7, 11) is 2.02. The van der Waals surface area contributed by atoms with Crippen molar-refractivity contribution in [2.45, 2.75) is 65.0 Å². The van der Waals surface area contributed by atoms with Gasteiger partial charge in [-0.15, -0.1) is 0 Å². The van der Waals surface area contributed by atoms with Gasteiger partial charge in [0.05, 0.1) is 17.7 Å². The van der Waals surface area contributed by atoms with Crippen LogP contribution in [0.2, 0.25) is 0 Å². The van der Waals surface area contributed by atoms with Gasteiger partial charge in [0, 0.05) is 31.4 Å². The highest BCUT2D eigenvalue weighted by Crippen LogP contribution is 2.27. The lowest BCUT2D eigenvalue weighted by Crippen LogP contribution is -2.49. The monoisotopic (exact) mass is 347 g/mol. The van der Waals surface area contributed by atoms with E-state index in [1.54, 1.807) is 6.92 Å². The maximum atomic E-state index is 11.1. The van der Waals surface area contributed by atoms with Crippen molar-refractivity contribution in [1.82, 2.24) is 24.8 Å². The molecule has 7 heteroatoms. The van der Waals surface area contributed by atoms with Gasteiger partial charge in [-0.25, -0.2) is 0 Å². The fraction of sp³-hybridized carbons (Fsp3) is 0.722. The average Bonchev–Trinajstić information content (AvgIpc) is 3.09. The summed E-state index contributed by atoms with van der Waals surface area (Å²) < 4.78 is 7.21. The summed E-state index contributed by atoms with van der Waals surface area (Å²) >= 11 is 0. The standard InChI is InChI=1S/C18H29N5O2/c1-5-15-14(16(6-2)22(4)20-15)11-23-9-7-8-18(24,12-23)10-17-19-13(3)21-25-17/h24H,5-12H2,1-4H3. The summed E-state index contributed by atoms with van der Waals surface area (Å²) in [4.78, 5) is 6.58. The minimum atomic E-state index is -0.807. The van der Waals surface area contributed by atoms with Crippen LogP contribution in [-0.2, 0) is 32.9 Å². The van der Waals surface area contributed by atoms with Crippen molar-refractivity contribution >= 4 is 0 Å². The minimum absolute atomic E-state index is 0.415. The van der Waals surface area contributed by atoms with E-state index in [1.165, 1.54) is 17.0 Å². The molecule has 0 aliphatic carbocycles. The Morgan fingerprint density at radius 3 is 2.72 bits per heavy atom. The molecule has 138 valence electrons. The topological polar surface area (TPSA) is 80.2 Å². The van der Waals surface area contributed by atoms with Crippen LogP contribution in [0.1, 0.15) is 55.4 Å². The predicted octanol–water partition coefficient (Wildman–Crippen LogP) is 1.81. The lowest BCUT2D eigenvalue weighted by atomic mass is 9.89. The molecule has 2 aromatic heterocycles. The van der Waals surface area contributed by atoms with Gasteiger partial charge >= 0.3 is 0 Å². The van der Waals surface area contributed by atoms with E-state index in [1.807, 2.05) is 11.7 Å². The van der Waals surface area contributed by atoms with Gasteiger partial charge in [-0.05, 0) is 39.2 Å². The number of β-amino-alcohol motifs (C(OH)–C–C–N with tert-alkyl or cyclic N) is 1. The molecule has 1 aliphatic rings. The third-order valence-electron chi connectivity index (χ3n) is 5.09. The Morgan fingerprint density at radius 2 is 2.08 bits per heavy atom. The molecule has 0 bridgehead atoms. The molecule has 25 heavy (non-hydrogen) atoms. The van der Waals surface area contributed by atoms with Crippen LogP contribution in [0.3, 0.4) is 0 Å². The molecular weight excluding hydrogens is 318 g/mol. The molecule has 3 rings (SSSR count). The van der Waals surface area contributed by atoms with E-state index in [9.17, 15) is 5.11 Å². The third-order valence-corrected chi connectivity index (χ3v) is 5.09. The normalized spacial score (nSPS) is 21.8. The number of piperidine rings is 1. The fourth-order valence-electron chi connectivity index (χ4n) is 3.97. The van der Waals surface area contributed by atoms with Crippen molar-refractivity contribution in [3.63, 3.8) is 0 Å². The van der Waals surface area contributed by atoms with Gasteiger partial charge in [0.1, 0.15) is 0 Å². The average molecular weight is 347 g/mol. The zero-order valence-corrected chi connectivity index (χ0v) is 15.7. The number of likely N-dealkylation sites (tertiary alicyclic amines) is 1. The number of aryl methyl sites for hydroxylation is 3. The van der Waals surface area contributed by atoms with E-state index in [2.05, 4.69) is 34.0 Å². The number of rotatable bonds is 6. The summed E-state index contributed by atoms with van der Waals surface area (Å²) in [6, 6.07) is 0. The van der Waals surface area contributed by atoms with Crippen LogP contribution in [0, 0.1) is 6.92 Å². The minimum Gasteiger partial charge on any atom is -0.388 e. The van der Waals surface area contributed by atoms with Crippen molar-refractivity contribution in [3.8, 4) is 0 Å². The number of aromatic nitrogens is 4. The highest BCUT2D eigenvalue weighted by Gasteiger charge is 2.35. The van der Waals surface area contributed by atoms with E-state index >= 15 is 0 Å². The molecule has 1 aliphatic heterocycles. The second-order valence-electron chi connectivity index (χ2n) is 7.15. The van der Waals surface area contributed by atoms with Gasteiger partial charge in [-0.3, -0.25) is 9.58 Å². The van der Waals surface area contributed by atoms with Crippen LogP contribution >= 0.6 is 0 Å². The molecule has 1 saturated heterocycles. The molecule has 1 N–H and O–H groups in total. The Kier molecular flexibility index (Phi) is 5.24. The van der Waals surface area contributed by atoms with Crippen molar-refractivity contribution in [1.29, 1.82) is 0 Å². The number of hydrogen-bond acceptors (Lipinski definition) is 6. The van der Waals surface area contributed by atoms with Gasteiger partial charge in [-0.1, -0.05) is 19.0 Å². The molecular formula is C18H29N5O2. The largest absolute Gasteiger partial charge is 0.388 e. The van der Waals surface area contributed by atoms with Gasteiger partial charge in [-0.2, -0.15) is 10.1 Å². The van der Waals surface area contributed by atoms with Gasteiger partial charge in [0.25, 0.3) is 0 Å². The van der Waals surface area contributed by atoms with Crippen LogP contribution in [0.15, 0.2) is 4.52 Å². The number of hydrogen-bond donors (Lipinski definition) is 1. The molecule has 0 aromatic carbocycles. The Balaban J connectivity index is 1.73. The maximum absolute atomic E-state index is 11.1. The van der Waals surface area contributed by atoms with Crippen LogP contribution in [-0.4, -0.2) is 48.6 Å². The van der Waals surface area contributed by atoms with Crippen molar-refractivity contribution in [3.05, 3.63) is 28.7 Å². The predicted molar refractivity (Wildman–Crippen MR) is 94.2 cm³/mol. The summed E-state index contributed by atoms with van der Waals surface area (Å²) in [5.74, 6) is 1.13. The SMILES string of the molecule is CCc1nn(C)c(CC)c1CN1CCCC(O)(Cc2nc(C)no2)C1. The van der Waals surface area contributed by atoms with Gasteiger partial charge in [0.2, 0.25) is 5.89 Å². The second-order valence-corrected chi connectivity index (χ2v) is 7.15. The number of nitrogens with zero attached hydrogens (tertiary/aromatic N) is 5. The third kappa shape index (κ3) is 3.93. The quantitative estimate of drug-likeness (QED) is 0.858. The Bertz CT molecular complexity index is 723. The Morgan fingerprint density at radius 1 is 1.28 bits per heavy atom. The summed E-state index contributed by atoms with van der Waals surface area (Å²) in [6.45, 7) is 8.57. The zero-order valence-electron chi connectivity index (χ0n) is 15.7. The van der Waals surface area contributed by atoms with Crippen molar-refractivity contribution in [2.75, 3.05) is 13.1 Å². The summed E-state index contributed by atoms with van der Waals surface area (Å²) in [5.41, 5.74) is 2.97. The smallest absolute Gasteiger partial charge is 0.229 e. The summed E-state index contributed by atoms with van der Waals surface area (Å²) in [5, 5.41) is 19.5. The van der Waals surface area contributed by atoms with Crippen LogP contribution in [0.5, 0.6) is 0 Å². The molecule has 1 fully saturated rings. The van der Waals surface area contributed by atoms with E-state index in [0.717, 1.165) is 38.8 Å². The molecule has 0 saturated carbocycles. The molecule has 1 atom stereocenters. The van der Waals surface area contributed by atoms with Gasteiger partial charge in [0.15, 0.2) is 5.82 Å². The van der Waals surface area contributed by atoms with Gasteiger partial charge < -0.3 is 9.63 Å². The first-order valence-electron chi connectivity index (χ1n) is 9.21. The zero-order chi connectivity index (χ0) is 18.0. The highest BCUT2D eigenvalue weighted by molar-refractivity contribution is 5.26. The molecule has 3 heterocycles. The molecule has 0 amide bonds. The molecule has 1 unspecified atom stereocenters. The fourth-order valence-corrected chi connectivity index (χ4v) is 3.97. The second kappa shape index (κ2) is 7.25. The molecule has 0 spiro atoms. The van der Waals surface area contributed by atoms with E-state index in [-0.39, 0.29) is 0 Å². The van der Waals surface area contributed by atoms with E-state index < -0.39 is 5.60 Å². The Labute approximate surface area is 149 Å². The Hall–Kier alpha value is -1.73. The highest BCUT2D eigenvalue weighted by atomic mass is 16.5. The summed E-state index contributed by atoms with van der Waals surface area (Å²) in [6.07, 6.45) is 4.05. The first-order valence-corrected chi connectivity index (χ1v) is 9.21. The van der Waals surface area contributed by atoms with Crippen molar-refractivity contribution in [2.24, 2.45) is 7.05 Å². The first kappa shape index (κ1) is 18.1.